The number of rotatable bonds is 10. The van der Waals surface area contributed by atoms with Gasteiger partial charge in [-0.25, -0.2) is 0 Å². The van der Waals surface area contributed by atoms with Crippen molar-refractivity contribution in [3.63, 3.8) is 0 Å². The summed E-state index contributed by atoms with van der Waals surface area (Å²) >= 11 is 0. The number of benzene rings is 2. The molecule has 0 fully saturated rings. The molecule has 26 heavy (non-hydrogen) atoms. The van der Waals surface area contributed by atoms with Crippen molar-refractivity contribution in [1.29, 1.82) is 0 Å². The third-order valence-corrected chi connectivity index (χ3v) is 3.88. The maximum Gasteiger partial charge on any atom is 0.234 e. The van der Waals surface area contributed by atoms with E-state index in [0.717, 1.165) is 22.8 Å². The van der Waals surface area contributed by atoms with Crippen LogP contribution in [0, 0.1) is 0 Å². The average molecular weight is 358 g/mol. The van der Waals surface area contributed by atoms with Gasteiger partial charge >= 0.3 is 0 Å². The van der Waals surface area contributed by atoms with Crippen molar-refractivity contribution in [3.8, 4) is 17.2 Å². The number of amides is 1. The van der Waals surface area contributed by atoms with Crippen LogP contribution < -0.4 is 19.5 Å². The zero-order valence-corrected chi connectivity index (χ0v) is 15.5. The highest BCUT2D eigenvalue weighted by molar-refractivity contribution is 5.78. The molecule has 0 radical (unpaired) electrons. The summed E-state index contributed by atoms with van der Waals surface area (Å²) in [5.74, 6) is 2.30. The van der Waals surface area contributed by atoms with Crippen molar-refractivity contribution in [2.45, 2.75) is 6.54 Å². The molecule has 2 aromatic carbocycles. The second kappa shape index (κ2) is 10.3. The van der Waals surface area contributed by atoms with E-state index >= 15 is 0 Å². The van der Waals surface area contributed by atoms with Gasteiger partial charge in [0.1, 0.15) is 23.9 Å². The van der Waals surface area contributed by atoms with E-state index in [-0.39, 0.29) is 5.91 Å². The van der Waals surface area contributed by atoms with Gasteiger partial charge in [0.15, 0.2) is 0 Å². The lowest BCUT2D eigenvalue weighted by Gasteiger charge is -2.17. The number of hydrogen-bond acceptors (Lipinski definition) is 5. The van der Waals surface area contributed by atoms with Gasteiger partial charge in [0.25, 0.3) is 0 Å². The number of nitrogens with one attached hydrogen (secondary N) is 1. The maximum atomic E-state index is 12.1. The Bertz CT molecular complexity index is 688. The normalized spacial score (nSPS) is 10.5. The van der Waals surface area contributed by atoms with Crippen LogP contribution in [0.4, 0.5) is 0 Å². The Morgan fingerprint density at radius 2 is 1.69 bits per heavy atom. The van der Waals surface area contributed by atoms with Gasteiger partial charge in [0.05, 0.1) is 20.8 Å². The molecular weight excluding hydrogens is 332 g/mol. The van der Waals surface area contributed by atoms with Gasteiger partial charge in [-0.3, -0.25) is 9.69 Å². The monoisotopic (exact) mass is 358 g/mol. The van der Waals surface area contributed by atoms with E-state index in [9.17, 15) is 4.79 Å². The number of carbonyl (C=O) groups excluding carboxylic acids is 1. The first-order valence-electron chi connectivity index (χ1n) is 8.46. The van der Waals surface area contributed by atoms with Crippen LogP contribution in [0.5, 0.6) is 17.2 Å². The first-order valence-corrected chi connectivity index (χ1v) is 8.46. The van der Waals surface area contributed by atoms with Crippen molar-refractivity contribution in [3.05, 3.63) is 54.1 Å². The fourth-order valence-corrected chi connectivity index (χ4v) is 2.41. The summed E-state index contributed by atoms with van der Waals surface area (Å²) in [6, 6.07) is 15.1. The molecule has 0 unspecified atom stereocenters. The zero-order chi connectivity index (χ0) is 18.8. The fraction of sp³-hybridized carbons (Fsp3) is 0.350. The number of methoxy groups -OCH3 is 2. The van der Waals surface area contributed by atoms with Gasteiger partial charge < -0.3 is 19.5 Å². The molecule has 0 aromatic heterocycles. The fourth-order valence-electron chi connectivity index (χ4n) is 2.41. The van der Waals surface area contributed by atoms with Crippen LogP contribution in [0.25, 0.3) is 0 Å². The van der Waals surface area contributed by atoms with Crippen LogP contribution in [-0.2, 0) is 11.3 Å². The molecule has 0 atom stereocenters. The summed E-state index contributed by atoms with van der Waals surface area (Å²) in [5, 5.41) is 2.91. The molecule has 6 nitrogen and oxygen atoms in total. The van der Waals surface area contributed by atoms with Crippen molar-refractivity contribution < 1.29 is 19.0 Å². The van der Waals surface area contributed by atoms with Crippen molar-refractivity contribution in [2.75, 3.05) is 41.0 Å². The molecule has 140 valence electrons. The Balaban J connectivity index is 1.68. The molecule has 0 bridgehead atoms. The third kappa shape index (κ3) is 6.29. The van der Waals surface area contributed by atoms with E-state index in [1.54, 1.807) is 14.2 Å². The summed E-state index contributed by atoms with van der Waals surface area (Å²) in [6.45, 7) is 1.90. The minimum atomic E-state index is -0.0390. The van der Waals surface area contributed by atoms with Crippen LogP contribution in [0.2, 0.25) is 0 Å². The third-order valence-electron chi connectivity index (χ3n) is 3.88. The molecule has 0 saturated heterocycles. The highest BCUT2D eigenvalue weighted by atomic mass is 16.5. The topological polar surface area (TPSA) is 60.0 Å². The van der Waals surface area contributed by atoms with Gasteiger partial charge in [-0.05, 0) is 37.4 Å². The zero-order valence-electron chi connectivity index (χ0n) is 15.5. The average Bonchev–Trinajstić information content (AvgIpc) is 2.67. The van der Waals surface area contributed by atoms with E-state index in [1.165, 1.54) is 0 Å². The Kier molecular flexibility index (Phi) is 7.76. The molecule has 1 amide bonds. The molecule has 0 heterocycles. The van der Waals surface area contributed by atoms with E-state index < -0.39 is 0 Å². The van der Waals surface area contributed by atoms with Crippen LogP contribution in [0.1, 0.15) is 5.56 Å². The smallest absolute Gasteiger partial charge is 0.234 e. The number of ether oxygens (including phenoxy) is 3. The van der Waals surface area contributed by atoms with E-state index in [4.69, 9.17) is 14.2 Å². The van der Waals surface area contributed by atoms with E-state index in [0.29, 0.717) is 26.2 Å². The highest BCUT2D eigenvalue weighted by Crippen LogP contribution is 2.17. The van der Waals surface area contributed by atoms with Crippen molar-refractivity contribution >= 4 is 5.91 Å². The molecule has 6 heteroatoms. The SMILES string of the molecule is COc1ccc(OCCN(C)CC(=O)NCc2ccccc2OC)cc1. The second-order valence-corrected chi connectivity index (χ2v) is 5.85. The molecule has 0 saturated carbocycles. The largest absolute Gasteiger partial charge is 0.497 e. The lowest BCUT2D eigenvalue weighted by Crippen LogP contribution is -2.36. The Labute approximate surface area is 154 Å². The van der Waals surface area contributed by atoms with Crippen molar-refractivity contribution in [2.24, 2.45) is 0 Å². The Hall–Kier alpha value is -2.73. The van der Waals surface area contributed by atoms with Gasteiger partial charge in [-0.1, -0.05) is 18.2 Å². The molecule has 2 rings (SSSR count). The Morgan fingerprint density at radius 3 is 2.38 bits per heavy atom. The Morgan fingerprint density at radius 1 is 1.00 bits per heavy atom. The van der Waals surface area contributed by atoms with E-state index in [1.807, 2.05) is 60.5 Å². The second-order valence-electron chi connectivity index (χ2n) is 5.85. The molecule has 2 aromatic rings. The van der Waals surface area contributed by atoms with Gasteiger partial charge in [0.2, 0.25) is 5.91 Å². The lowest BCUT2D eigenvalue weighted by atomic mass is 10.2. The summed E-state index contributed by atoms with van der Waals surface area (Å²) in [5.41, 5.74) is 0.953. The predicted octanol–water partition coefficient (Wildman–Crippen LogP) is 2.33. The molecule has 1 N–H and O–H groups in total. The first-order chi connectivity index (χ1) is 12.6. The van der Waals surface area contributed by atoms with Crippen LogP contribution >= 0.6 is 0 Å². The molecule has 0 spiro atoms. The van der Waals surface area contributed by atoms with Gasteiger partial charge in [-0.15, -0.1) is 0 Å². The summed E-state index contributed by atoms with van der Waals surface area (Å²) in [6.07, 6.45) is 0. The quantitative estimate of drug-likeness (QED) is 0.706. The summed E-state index contributed by atoms with van der Waals surface area (Å²) in [7, 11) is 5.14. The molecule has 0 aliphatic carbocycles. The van der Waals surface area contributed by atoms with Crippen LogP contribution in [0.15, 0.2) is 48.5 Å². The summed E-state index contributed by atoms with van der Waals surface area (Å²) < 4.78 is 16.1. The first kappa shape index (κ1) is 19.6. The van der Waals surface area contributed by atoms with Gasteiger partial charge in [0, 0.05) is 18.7 Å². The standard InChI is InChI=1S/C20H26N2O4/c1-22(12-13-26-18-10-8-17(24-2)9-11-18)15-20(23)21-14-16-6-4-5-7-19(16)25-3/h4-11H,12-15H2,1-3H3,(H,21,23). The maximum absolute atomic E-state index is 12.1. The number of para-hydroxylation sites is 1. The molecular formula is C20H26N2O4. The predicted molar refractivity (Wildman–Crippen MR) is 101 cm³/mol. The van der Waals surface area contributed by atoms with Crippen LogP contribution in [-0.4, -0.2) is 51.8 Å². The van der Waals surface area contributed by atoms with E-state index in [2.05, 4.69) is 5.32 Å². The van der Waals surface area contributed by atoms with Gasteiger partial charge in [-0.2, -0.15) is 0 Å². The molecule has 0 aliphatic heterocycles. The number of carbonyl (C=O) groups is 1. The number of likely N-dealkylation sites (N-methyl/N-ethyl adjacent to an activating group) is 1. The van der Waals surface area contributed by atoms with Crippen LogP contribution in [0.3, 0.4) is 0 Å². The molecule has 0 aliphatic rings. The highest BCUT2D eigenvalue weighted by Gasteiger charge is 2.08. The number of nitrogens with zero attached hydrogens (tertiary/aromatic N) is 1. The minimum Gasteiger partial charge on any atom is -0.497 e. The minimum absolute atomic E-state index is 0.0390. The summed E-state index contributed by atoms with van der Waals surface area (Å²) in [4.78, 5) is 14.0. The van der Waals surface area contributed by atoms with Crippen molar-refractivity contribution in [1.82, 2.24) is 10.2 Å². The lowest BCUT2D eigenvalue weighted by molar-refractivity contribution is -0.122. The number of hydrogen-bond donors (Lipinski definition) is 1.